The summed E-state index contributed by atoms with van der Waals surface area (Å²) in [4.78, 5) is 11.3. The first-order chi connectivity index (χ1) is 10.6. The number of rotatable bonds is 4. The zero-order chi connectivity index (χ0) is 15.5. The molecule has 0 radical (unpaired) electrons. The van der Waals surface area contributed by atoms with Crippen LogP contribution in [0.15, 0.2) is 53.0 Å². The number of nitrogens with two attached hydrogens (primary N) is 1. The molecule has 6 nitrogen and oxygen atoms in total. The van der Waals surface area contributed by atoms with Crippen molar-refractivity contribution < 1.29 is 9.53 Å². The van der Waals surface area contributed by atoms with Crippen LogP contribution in [0.1, 0.15) is 10.5 Å². The van der Waals surface area contributed by atoms with Crippen LogP contribution < -0.4 is 10.5 Å². The van der Waals surface area contributed by atoms with E-state index in [1.807, 2.05) is 30.3 Å². The SMILES string of the molecule is NC(=O)c1n[nH]nc1-c1ccc(Oc2ccccc2)c(Br)c1. The van der Waals surface area contributed by atoms with Crippen LogP contribution in [0.3, 0.4) is 0 Å². The van der Waals surface area contributed by atoms with E-state index in [1.54, 1.807) is 18.2 Å². The zero-order valence-electron chi connectivity index (χ0n) is 11.3. The molecule has 2 aromatic carbocycles. The average molecular weight is 359 g/mol. The average Bonchev–Trinajstić information content (AvgIpc) is 3.00. The lowest BCUT2D eigenvalue weighted by Gasteiger charge is -2.08. The van der Waals surface area contributed by atoms with Crippen molar-refractivity contribution in [2.45, 2.75) is 0 Å². The van der Waals surface area contributed by atoms with Crippen LogP contribution in [-0.2, 0) is 0 Å². The highest BCUT2D eigenvalue weighted by molar-refractivity contribution is 9.10. The highest BCUT2D eigenvalue weighted by Crippen LogP contribution is 2.33. The van der Waals surface area contributed by atoms with Gasteiger partial charge < -0.3 is 10.5 Å². The Balaban J connectivity index is 1.92. The standard InChI is InChI=1S/C15H11BrN4O2/c16-11-8-9(13-14(15(17)21)19-20-18-13)6-7-12(11)22-10-4-2-1-3-5-10/h1-8H,(H2,17,21)(H,18,19,20). The van der Waals surface area contributed by atoms with Crippen LogP contribution in [0.5, 0.6) is 11.5 Å². The summed E-state index contributed by atoms with van der Waals surface area (Å²) >= 11 is 3.45. The fourth-order valence-corrected chi connectivity index (χ4v) is 2.41. The van der Waals surface area contributed by atoms with Crippen molar-refractivity contribution in [2.75, 3.05) is 0 Å². The fraction of sp³-hybridized carbons (Fsp3) is 0. The number of nitrogens with zero attached hydrogens (tertiary/aromatic N) is 2. The quantitative estimate of drug-likeness (QED) is 0.748. The molecular weight excluding hydrogens is 348 g/mol. The lowest BCUT2D eigenvalue weighted by molar-refractivity contribution is 0.0996. The third-order valence-corrected chi connectivity index (χ3v) is 3.58. The number of primary amides is 1. The molecule has 22 heavy (non-hydrogen) atoms. The highest BCUT2D eigenvalue weighted by atomic mass is 79.9. The minimum atomic E-state index is -0.635. The molecule has 0 aliphatic rings. The lowest BCUT2D eigenvalue weighted by Crippen LogP contribution is -2.12. The summed E-state index contributed by atoms with van der Waals surface area (Å²) in [5, 5.41) is 10.1. The Bertz CT molecular complexity index is 817. The molecule has 0 atom stereocenters. The Morgan fingerprint density at radius 1 is 1.14 bits per heavy atom. The molecule has 1 aromatic heterocycles. The van der Waals surface area contributed by atoms with Crippen LogP contribution in [0.25, 0.3) is 11.3 Å². The largest absolute Gasteiger partial charge is 0.456 e. The molecule has 0 unspecified atom stereocenters. The van der Waals surface area contributed by atoms with Crippen molar-refractivity contribution in [1.82, 2.24) is 15.4 Å². The molecule has 0 aliphatic heterocycles. The minimum Gasteiger partial charge on any atom is -0.456 e. The first-order valence-corrected chi connectivity index (χ1v) is 7.18. The van der Waals surface area contributed by atoms with Crippen molar-refractivity contribution in [3.8, 4) is 22.8 Å². The highest BCUT2D eigenvalue weighted by Gasteiger charge is 2.16. The zero-order valence-corrected chi connectivity index (χ0v) is 12.9. The fourth-order valence-electron chi connectivity index (χ4n) is 1.95. The van der Waals surface area contributed by atoms with Crippen molar-refractivity contribution in [2.24, 2.45) is 5.73 Å². The van der Waals surface area contributed by atoms with Gasteiger partial charge in [0.2, 0.25) is 0 Å². The van der Waals surface area contributed by atoms with Crippen molar-refractivity contribution in [3.63, 3.8) is 0 Å². The van der Waals surface area contributed by atoms with Gasteiger partial charge in [-0.05, 0) is 46.3 Å². The van der Waals surface area contributed by atoms with Crippen LogP contribution >= 0.6 is 15.9 Å². The third-order valence-electron chi connectivity index (χ3n) is 2.96. The first-order valence-electron chi connectivity index (χ1n) is 6.38. The number of hydrogen-bond donors (Lipinski definition) is 2. The minimum absolute atomic E-state index is 0.101. The Morgan fingerprint density at radius 2 is 1.91 bits per heavy atom. The van der Waals surface area contributed by atoms with E-state index >= 15 is 0 Å². The van der Waals surface area contributed by atoms with Crippen molar-refractivity contribution >= 4 is 21.8 Å². The van der Waals surface area contributed by atoms with Gasteiger partial charge in [-0.25, -0.2) is 0 Å². The summed E-state index contributed by atoms with van der Waals surface area (Å²) in [5.74, 6) is 0.749. The Morgan fingerprint density at radius 3 is 2.59 bits per heavy atom. The van der Waals surface area contributed by atoms with Gasteiger partial charge in [-0.15, -0.1) is 0 Å². The number of carbonyl (C=O) groups is 1. The first kappa shape index (κ1) is 14.3. The van der Waals surface area contributed by atoms with Gasteiger partial charge in [-0.2, -0.15) is 15.4 Å². The summed E-state index contributed by atoms with van der Waals surface area (Å²) < 4.78 is 6.51. The predicted molar refractivity (Wildman–Crippen MR) is 84.6 cm³/mol. The smallest absolute Gasteiger partial charge is 0.271 e. The van der Waals surface area contributed by atoms with Crippen LogP contribution in [-0.4, -0.2) is 21.3 Å². The van der Waals surface area contributed by atoms with E-state index in [0.717, 1.165) is 10.2 Å². The van der Waals surface area contributed by atoms with E-state index < -0.39 is 5.91 Å². The molecule has 3 N–H and O–H groups in total. The number of aromatic nitrogens is 3. The van der Waals surface area contributed by atoms with Crippen molar-refractivity contribution in [1.29, 1.82) is 0 Å². The molecule has 0 saturated heterocycles. The van der Waals surface area contributed by atoms with Crippen LogP contribution in [0.4, 0.5) is 0 Å². The van der Waals surface area contributed by atoms with Gasteiger partial charge in [0.25, 0.3) is 5.91 Å². The topological polar surface area (TPSA) is 93.9 Å². The number of para-hydroxylation sites is 1. The van der Waals surface area contributed by atoms with Gasteiger partial charge >= 0.3 is 0 Å². The van der Waals surface area contributed by atoms with Gasteiger partial charge in [-0.3, -0.25) is 4.79 Å². The second-order valence-corrected chi connectivity index (χ2v) is 5.30. The second-order valence-electron chi connectivity index (χ2n) is 4.45. The molecular formula is C15H11BrN4O2. The number of aromatic amines is 1. The Labute approximate surface area is 134 Å². The molecule has 3 rings (SSSR count). The van der Waals surface area contributed by atoms with E-state index in [-0.39, 0.29) is 5.69 Å². The molecule has 0 bridgehead atoms. The number of carbonyl (C=O) groups excluding carboxylic acids is 1. The molecule has 0 fully saturated rings. The van der Waals surface area contributed by atoms with E-state index in [9.17, 15) is 4.79 Å². The maximum absolute atomic E-state index is 11.3. The molecule has 110 valence electrons. The van der Waals surface area contributed by atoms with Gasteiger partial charge in [-0.1, -0.05) is 18.2 Å². The summed E-state index contributed by atoms with van der Waals surface area (Å²) in [5.41, 5.74) is 6.48. The molecule has 0 saturated carbocycles. The number of H-pyrrole nitrogens is 1. The lowest BCUT2D eigenvalue weighted by atomic mass is 10.1. The number of halogens is 1. The van der Waals surface area contributed by atoms with Crippen LogP contribution in [0.2, 0.25) is 0 Å². The number of nitrogens with one attached hydrogen (secondary N) is 1. The monoisotopic (exact) mass is 358 g/mol. The maximum Gasteiger partial charge on any atom is 0.271 e. The van der Waals surface area contributed by atoms with E-state index in [0.29, 0.717) is 17.0 Å². The molecule has 1 heterocycles. The van der Waals surface area contributed by atoms with E-state index in [2.05, 4.69) is 31.3 Å². The summed E-state index contributed by atoms with van der Waals surface area (Å²) in [7, 11) is 0. The predicted octanol–water partition coefficient (Wildman–Crippen LogP) is 3.13. The maximum atomic E-state index is 11.3. The molecule has 3 aromatic rings. The van der Waals surface area contributed by atoms with E-state index in [1.165, 1.54) is 0 Å². The summed E-state index contributed by atoms with van der Waals surface area (Å²) in [6.45, 7) is 0. The summed E-state index contributed by atoms with van der Waals surface area (Å²) in [6, 6.07) is 14.8. The Hall–Kier alpha value is -2.67. The number of amides is 1. The normalized spacial score (nSPS) is 10.4. The molecule has 7 heteroatoms. The molecule has 0 aliphatic carbocycles. The Kier molecular flexibility index (Phi) is 3.88. The van der Waals surface area contributed by atoms with Crippen molar-refractivity contribution in [3.05, 3.63) is 58.7 Å². The molecule has 0 spiro atoms. The number of ether oxygens (including phenoxy) is 1. The second kappa shape index (κ2) is 5.98. The molecule has 1 amide bonds. The number of benzene rings is 2. The third kappa shape index (κ3) is 2.84. The van der Waals surface area contributed by atoms with Gasteiger partial charge in [0.15, 0.2) is 5.69 Å². The number of hydrogen-bond acceptors (Lipinski definition) is 4. The van der Waals surface area contributed by atoms with E-state index in [4.69, 9.17) is 10.5 Å². The van der Waals surface area contributed by atoms with Gasteiger partial charge in [0, 0.05) is 5.56 Å². The summed E-state index contributed by atoms with van der Waals surface area (Å²) in [6.07, 6.45) is 0. The van der Waals surface area contributed by atoms with Crippen LogP contribution in [0, 0.1) is 0 Å². The van der Waals surface area contributed by atoms with Gasteiger partial charge in [0.1, 0.15) is 17.2 Å². The van der Waals surface area contributed by atoms with Gasteiger partial charge in [0.05, 0.1) is 4.47 Å².